The average Bonchev–Trinajstić information content (AvgIpc) is 2.55. The second-order valence-electron chi connectivity index (χ2n) is 8.48. The van der Waals surface area contributed by atoms with E-state index in [1.807, 2.05) is 0 Å². The van der Waals surface area contributed by atoms with E-state index in [9.17, 15) is 0 Å². The molecule has 0 saturated carbocycles. The first-order valence-corrected chi connectivity index (χ1v) is 10.1. The molecule has 0 aromatic rings. The predicted molar refractivity (Wildman–Crippen MR) is 98.9 cm³/mol. The SMILES string of the molecule is CCC(C)CN1CCC(OCC2CCN(CC(C)C)CC2)CC1. The maximum absolute atomic E-state index is 6.27. The molecule has 3 nitrogen and oxygen atoms in total. The number of ether oxygens (including phenoxy) is 1. The lowest BCUT2D eigenvalue weighted by Crippen LogP contribution is -2.40. The molecule has 1 atom stereocenters. The summed E-state index contributed by atoms with van der Waals surface area (Å²) < 4.78 is 6.27. The van der Waals surface area contributed by atoms with Gasteiger partial charge in [-0.15, -0.1) is 0 Å². The normalized spacial score (nSPS) is 24.4. The van der Waals surface area contributed by atoms with Crippen LogP contribution in [0.15, 0.2) is 0 Å². The van der Waals surface area contributed by atoms with Crippen molar-refractivity contribution in [1.82, 2.24) is 9.80 Å². The first kappa shape index (κ1) is 19.2. The van der Waals surface area contributed by atoms with Crippen molar-refractivity contribution < 1.29 is 4.74 Å². The highest BCUT2D eigenvalue weighted by Gasteiger charge is 2.24. The van der Waals surface area contributed by atoms with Crippen LogP contribution in [0.5, 0.6) is 0 Å². The van der Waals surface area contributed by atoms with E-state index in [1.165, 1.54) is 71.4 Å². The molecule has 2 aliphatic rings. The average molecular weight is 325 g/mol. The van der Waals surface area contributed by atoms with Gasteiger partial charge in [0.1, 0.15) is 0 Å². The van der Waals surface area contributed by atoms with Crippen LogP contribution in [0.1, 0.15) is 59.8 Å². The summed E-state index contributed by atoms with van der Waals surface area (Å²) in [5.41, 5.74) is 0. The summed E-state index contributed by atoms with van der Waals surface area (Å²) in [6, 6.07) is 0. The van der Waals surface area contributed by atoms with Crippen LogP contribution < -0.4 is 0 Å². The van der Waals surface area contributed by atoms with Gasteiger partial charge in [-0.1, -0.05) is 34.1 Å². The second kappa shape index (κ2) is 10.0. The Hall–Kier alpha value is -0.120. The van der Waals surface area contributed by atoms with Crippen molar-refractivity contribution in [2.24, 2.45) is 17.8 Å². The third-order valence-corrected chi connectivity index (χ3v) is 5.70. The Kier molecular flexibility index (Phi) is 8.35. The molecule has 0 amide bonds. The van der Waals surface area contributed by atoms with Crippen LogP contribution in [-0.2, 0) is 4.74 Å². The zero-order valence-corrected chi connectivity index (χ0v) is 16.1. The predicted octanol–water partition coefficient (Wildman–Crippen LogP) is 3.88. The summed E-state index contributed by atoms with van der Waals surface area (Å²) in [6.07, 6.45) is 6.97. The summed E-state index contributed by atoms with van der Waals surface area (Å²) in [5, 5.41) is 0. The molecule has 2 fully saturated rings. The Labute approximate surface area is 144 Å². The minimum Gasteiger partial charge on any atom is -0.378 e. The standard InChI is InChI=1S/C20H40N2O/c1-5-18(4)15-22-12-8-20(9-13-22)23-16-19-6-10-21(11-7-19)14-17(2)3/h17-20H,5-16H2,1-4H3. The van der Waals surface area contributed by atoms with Gasteiger partial charge in [-0.2, -0.15) is 0 Å². The molecule has 3 heteroatoms. The zero-order valence-electron chi connectivity index (χ0n) is 16.1. The topological polar surface area (TPSA) is 15.7 Å². The van der Waals surface area contributed by atoms with E-state index in [0.717, 1.165) is 24.4 Å². The molecule has 2 heterocycles. The number of hydrogen-bond donors (Lipinski definition) is 0. The minimum atomic E-state index is 0.525. The highest BCUT2D eigenvalue weighted by atomic mass is 16.5. The largest absolute Gasteiger partial charge is 0.378 e. The summed E-state index contributed by atoms with van der Waals surface area (Å²) in [6.45, 7) is 17.9. The maximum atomic E-state index is 6.27. The molecule has 1 unspecified atom stereocenters. The Morgan fingerprint density at radius 3 is 2.00 bits per heavy atom. The van der Waals surface area contributed by atoms with Crippen LogP contribution in [0.2, 0.25) is 0 Å². The van der Waals surface area contributed by atoms with Gasteiger partial charge in [0, 0.05) is 32.8 Å². The zero-order chi connectivity index (χ0) is 16.7. The van der Waals surface area contributed by atoms with Crippen molar-refractivity contribution in [3.8, 4) is 0 Å². The van der Waals surface area contributed by atoms with E-state index < -0.39 is 0 Å². The van der Waals surface area contributed by atoms with Crippen molar-refractivity contribution in [1.29, 1.82) is 0 Å². The lowest BCUT2D eigenvalue weighted by Gasteiger charge is -2.36. The summed E-state index contributed by atoms with van der Waals surface area (Å²) in [4.78, 5) is 5.27. The van der Waals surface area contributed by atoms with Crippen molar-refractivity contribution in [3.05, 3.63) is 0 Å². The number of hydrogen-bond acceptors (Lipinski definition) is 3. The van der Waals surface area contributed by atoms with Crippen LogP contribution in [-0.4, -0.2) is 61.8 Å². The molecule has 136 valence electrons. The fraction of sp³-hybridized carbons (Fsp3) is 1.00. The van der Waals surface area contributed by atoms with Gasteiger partial charge in [-0.25, -0.2) is 0 Å². The molecule has 0 bridgehead atoms. The van der Waals surface area contributed by atoms with Crippen molar-refractivity contribution in [2.75, 3.05) is 45.9 Å². The van der Waals surface area contributed by atoms with Crippen molar-refractivity contribution in [3.63, 3.8) is 0 Å². The van der Waals surface area contributed by atoms with E-state index in [-0.39, 0.29) is 0 Å². The first-order chi connectivity index (χ1) is 11.1. The first-order valence-electron chi connectivity index (χ1n) is 10.1. The Morgan fingerprint density at radius 1 is 0.870 bits per heavy atom. The van der Waals surface area contributed by atoms with Gasteiger partial charge in [0.25, 0.3) is 0 Å². The number of likely N-dealkylation sites (tertiary alicyclic amines) is 2. The fourth-order valence-corrected chi connectivity index (χ4v) is 3.95. The van der Waals surface area contributed by atoms with E-state index >= 15 is 0 Å². The molecular formula is C20H40N2O. The number of nitrogens with zero attached hydrogens (tertiary/aromatic N) is 2. The second-order valence-corrected chi connectivity index (χ2v) is 8.48. The van der Waals surface area contributed by atoms with Gasteiger partial charge < -0.3 is 14.5 Å². The lowest BCUT2D eigenvalue weighted by atomic mass is 9.96. The Bertz CT molecular complexity index is 305. The summed E-state index contributed by atoms with van der Waals surface area (Å²) >= 11 is 0. The number of piperidine rings is 2. The Morgan fingerprint density at radius 2 is 1.43 bits per heavy atom. The van der Waals surface area contributed by atoms with Gasteiger partial charge in [0.05, 0.1) is 6.10 Å². The van der Waals surface area contributed by atoms with Gasteiger partial charge in [-0.05, 0) is 56.5 Å². The van der Waals surface area contributed by atoms with Gasteiger partial charge in [0.2, 0.25) is 0 Å². The van der Waals surface area contributed by atoms with Crippen molar-refractivity contribution in [2.45, 2.75) is 65.9 Å². The quantitative estimate of drug-likeness (QED) is 0.674. The molecule has 2 saturated heterocycles. The van der Waals surface area contributed by atoms with Crippen LogP contribution in [0, 0.1) is 17.8 Å². The van der Waals surface area contributed by atoms with Crippen LogP contribution in [0.3, 0.4) is 0 Å². The van der Waals surface area contributed by atoms with E-state index in [0.29, 0.717) is 6.10 Å². The third-order valence-electron chi connectivity index (χ3n) is 5.70. The molecule has 23 heavy (non-hydrogen) atoms. The minimum absolute atomic E-state index is 0.525. The molecule has 2 aliphatic heterocycles. The molecule has 0 aliphatic carbocycles. The van der Waals surface area contributed by atoms with Crippen LogP contribution in [0.25, 0.3) is 0 Å². The summed E-state index contributed by atoms with van der Waals surface area (Å²) in [5.74, 6) is 2.43. The number of rotatable bonds is 8. The van der Waals surface area contributed by atoms with Crippen LogP contribution >= 0.6 is 0 Å². The highest BCUT2D eigenvalue weighted by Crippen LogP contribution is 2.21. The monoisotopic (exact) mass is 324 g/mol. The maximum Gasteiger partial charge on any atom is 0.0599 e. The van der Waals surface area contributed by atoms with Crippen LogP contribution in [0.4, 0.5) is 0 Å². The lowest BCUT2D eigenvalue weighted by molar-refractivity contribution is -0.0212. The molecule has 0 aromatic carbocycles. The van der Waals surface area contributed by atoms with E-state index in [2.05, 4.69) is 37.5 Å². The molecule has 0 spiro atoms. The summed E-state index contributed by atoms with van der Waals surface area (Å²) in [7, 11) is 0. The smallest absolute Gasteiger partial charge is 0.0599 e. The Balaban J connectivity index is 1.56. The third kappa shape index (κ3) is 7.11. The molecule has 0 radical (unpaired) electrons. The fourth-order valence-electron chi connectivity index (χ4n) is 3.95. The van der Waals surface area contributed by atoms with Gasteiger partial charge in [0.15, 0.2) is 0 Å². The molecular weight excluding hydrogens is 284 g/mol. The molecule has 2 rings (SSSR count). The van der Waals surface area contributed by atoms with Gasteiger partial charge >= 0.3 is 0 Å². The highest BCUT2D eigenvalue weighted by molar-refractivity contribution is 4.76. The van der Waals surface area contributed by atoms with Crippen molar-refractivity contribution >= 4 is 0 Å². The van der Waals surface area contributed by atoms with E-state index in [1.54, 1.807) is 0 Å². The van der Waals surface area contributed by atoms with E-state index in [4.69, 9.17) is 4.74 Å². The van der Waals surface area contributed by atoms with Gasteiger partial charge in [-0.3, -0.25) is 0 Å². The molecule has 0 aromatic heterocycles. The molecule has 0 N–H and O–H groups in total.